The van der Waals surface area contributed by atoms with Crippen molar-refractivity contribution in [2.45, 2.75) is 0 Å². The second kappa shape index (κ2) is 5.61. The molecule has 2 aliphatic rings. The lowest BCUT2D eigenvalue weighted by Gasteiger charge is -2.37. The molecule has 24 heavy (non-hydrogen) atoms. The zero-order chi connectivity index (χ0) is 17.6. The Balaban J connectivity index is 2.27. The monoisotopic (exact) mass is 328 g/mol. The fraction of sp³-hybridized carbons (Fsp3) is 0.235. The summed E-state index contributed by atoms with van der Waals surface area (Å²) in [5.41, 5.74) is 0.145. The van der Waals surface area contributed by atoms with Crippen molar-refractivity contribution >= 4 is 17.5 Å². The Morgan fingerprint density at radius 2 is 1.96 bits per heavy atom. The van der Waals surface area contributed by atoms with Gasteiger partial charge in [-0.3, -0.25) is 19.4 Å². The van der Waals surface area contributed by atoms with E-state index in [0.717, 1.165) is 0 Å². The van der Waals surface area contributed by atoms with Crippen LogP contribution in [-0.2, 0) is 9.53 Å². The summed E-state index contributed by atoms with van der Waals surface area (Å²) in [4.78, 5) is 38.0. The first kappa shape index (κ1) is 15.9. The quantitative estimate of drug-likeness (QED) is 0.814. The number of rotatable bonds is 2. The number of hydrazine groups is 1. The molecule has 3 rings (SSSR count). The molecule has 1 aromatic rings. The zero-order valence-electron chi connectivity index (χ0n) is 13.4. The molecule has 1 N–H and O–H groups in total. The first-order chi connectivity index (χ1) is 11.4. The van der Waals surface area contributed by atoms with E-state index in [2.05, 4.69) is 0 Å². The number of esters is 1. The van der Waals surface area contributed by atoms with Crippen LogP contribution in [0, 0.1) is 5.92 Å². The minimum Gasteiger partial charge on any atom is -0.507 e. The van der Waals surface area contributed by atoms with Crippen LogP contribution in [0.3, 0.4) is 0 Å². The molecule has 1 unspecified atom stereocenters. The smallest absolute Gasteiger partial charge is 0.317 e. The highest BCUT2D eigenvalue weighted by molar-refractivity contribution is 6.29. The average molecular weight is 328 g/mol. The van der Waals surface area contributed by atoms with Gasteiger partial charge in [0.05, 0.1) is 12.7 Å². The standard InChI is InChI=1S/C17H16N2O5/c1-18(2)19-8-7-10(17(23)24-3)13-14(19)16(22)12-9(15(13)21)5-4-6-11(12)20/h4-8,10,20H,1-3H3. The summed E-state index contributed by atoms with van der Waals surface area (Å²) in [5.74, 6) is -2.83. The van der Waals surface area contributed by atoms with Crippen LogP contribution in [0.25, 0.3) is 0 Å². The van der Waals surface area contributed by atoms with Gasteiger partial charge in [-0.25, -0.2) is 5.01 Å². The van der Waals surface area contributed by atoms with Crippen molar-refractivity contribution in [1.29, 1.82) is 0 Å². The van der Waals surface area contributed by atoms with Gasteiger partial charge < -0.3 is 9.84 Å². The summed E-state index contributed by atoms with van der Waals surface area (Å²) < 4.78 is 4.76. The molecular weight excluding hydrogens is 312 g/mol. The van der Waals surface area contributed by atoms with Gasteiger partial charge in [0.2, 0.25) is 5.78 Å². The maximum absolute atomic E-state index is 13.0. The fourth-order valence-corrected chi connectivity index (χ4v) is 2.97. The van der Waals surface area contributed by atoms with Crippen molar-refractivity contribution in [1.82, 2.24) is 10.0 Å². The van der Waals surface area contributed by atoms with Gasteiger partial charge in [-0.05, 0) is 12.1 Å². The average Bonchev–Trinajstić information content (AvgIpc) is 2.57. The van der Waals surface area contributed by atoms with E-state index >= 15 is 0 Å². The van der Waals surface area contributed by atoms with Crippen LogP contribution in [0.15, 0.2) is 41.7 Å². The molecule has 0 bridgehead atoms. The molecule has 1 atom stereocenters. The van der Waals surface area contributed by atoms with Crippen molar-refractivity contribution in [2.24, 2.45) is 5.92 Å². The molecule has 124 valence electrons. The van der Waals surface area contributed by atoms with E-state index in [0.29, 0.717) is 0 Å². The maximum atomic E-state index is 13.0. The molecule has 1 aliphatic heterocycles. The molecule has 1 aromatic carbocycles. The molecule has 0 spiro atoms. The number of nitrogens with zero attached hydrogens (tertiary/aromatic N) is 2. The minimum absolute atomic E-state index is 0.0491. The maximum Gasteiger partial charge on any atom is 0.317 e. The van der Waals surface area contributed by atoms with Crippen LogP contribution in [0.4, 0.5) is 0 Å². The highest BCUT2D eigenvalue weighted by atomic mass is 16.5. The molecule has 0 saturated carbocycles. The summed E-state index contributed by atoms with van der Waals surface area (Å²) in [6.07, 6.45) is 3.06. The van der Waals surface area contributed by atoms with Gasteiger partial charge in [0.25, 0.3) is 0 Å². The van der Waals surface area contributed by atoms with Gasteiger partial charge in [-0.1, -0.05) is 12.1 Å². The lowest BCUT2D eigenvalue weighted by atomic mass is 9.79. The lowest BCUT2D eigenvalue weighted by Crippen LogP contribution is -2.43. The van der Waals surface area contributed by atoms with Crippen LogP contribution in [0.5, 0.6) is 5.75 Å². The summed E-state index contributed by atoms with van der Waals surface area (Å²) in [6, 6.07) is 4.30. The van der Waals surface area contributed by atoms with Crippen LogP contribution in [0.2, 0.25) is 0 Å². The van der Waals surface area contributed by atoms with E-state index in [4.69, 9.17) is 4.74 Å². The van der Waals surface area contributed by atoms with Gasteiger partial charge in [0, 0.05) is 31.4 Å². The number of carbonyl (C=O) groups excluding carboxylic acids is 3. The number of fused-ring (bicyclic) bond motifs is 1. The Kier molecular flexibility index (Phi) is 3.73. The number of hydrogen-bond acceptors (Lipinski definition) is 7. The van der Waals surface area contributed by atoms with Crippen LogP contribution in [0.1, 0.15) is 20.7 Å². The summed E-state index contributed by atoms with van der Waals surface area (Å²) in [5, 5.41) is 13.1. The molecule has 0 aromatic heterocycles. The summed E-state index contributed by atoms with van der Waals surface area (Å²) in [7, 11) is 4.63. The summed E-state index contributed by atoms with van der Waals surface area (Å²) >= 11 is 0. The molecule has 1 heterocycles. The fourth-order valence-electron chi connectivity index (χ4n) is 2.97. The van der Waals surface area contributed by atoms with Crippen molar-refractivity contribution in [3.8, 4) is 5.75 Å². The first-order valence-corrected chi connectivity index (χ1v) is 7.26. The Morgan fingerprint density at radius 3 is 2.58 bits per heavy atom. The molecule has 0 radical (unpaired) electrons. The van der Waals surface area contributed by atoms with E-state index < -0.39 is 23.5 Å². The van der Waals surface area contributed by atoms with Gasteiger partial charge in [-0.2, -0.15) is 0 Å². The number of methoxy groups -OCH3 is 1. The number of allylic oxidation sites excluding steroid dienone is 1. The van der Waals surface area contributed by atoms with Crippen molar-refractivity contribution in [2.75, 3.05) is 21.2 Å². The van der Waals surface area contributed by atoms with Crippen molar-refractivity contribution in [3.05, 3.63) is 52.9 Å². The van der Waals surface area contributed by atoms with E-state index in [1.165, 1.54) is 42.6 Å². The molecule has 1 aliphatic carbocycles. The van der Waals surface area contributed by atoms with E-state index in [1.54, 1.807) is 19.1 Å². The number of hydrogen-bond donors (Lipinski definition) is 1. The first-order valence-electron chi connectivity index (χ1n) is 7.26. The third-order valence-electron chi connectivity index (χ3n) is 4.07. The van der Waals surface area contributed by atoms with Crippen LogP contribution >= 0.6 is 0 Å². The largest absolute Gasteiger partial charge is 0.507 e. The van der Waals surface area contributed by atoms with Gasteiger partial charge in [0.15, 0.2) is 5.78 Å². The minimum atomic E-state index is -0.965. The van der Waals surface area contributed by atoms with E-state index in [-0.39, 0.29) is 28.1 Å². The van der Waals surface area contributed by atoms with Crippen LogP contribution < -0.4 is 0 Å². The Hall–Kier alpha value is -2.93. The SMILES string of the molecule is COC(=O)C1C=CN(N(C)C)C2=C1C(=O)c1cccc(O)c1C2=O. The van der Waals surface area contributed by atoms with Gasteiger partial charge in [-0.15, -0.1) is 0 Å². The number of Topliss-reactive ketones (excluding diaryl/α,β-unsaturated/α-hetero) is 2. The van der Waals surface area contributed by atoms with E-state index in [1.807, 2.05) is 0 Å². The second-order valence-corrected chi connectivity index (χ2v) is 5.65. The normalized spacial score (nSPS) is 19.5. The van der Waals surface area contributed by atoms with Crippen molar-refractivity contribution in [3.63, 3.8) is 0 Å². The Morgan fingerprint density at radius 1 is 1.25 bits per heavy atom. The Bertz CT molecular complexity index is 822. The number of ketones is 2. The number of phenolic OH excluding ortho intramolecular Hbond substituents is 1. The molecular formula is C17H16N2O5. The van der Waals surface area contributed by atoms with Crippen molar-refractivity contribution < 1.29 is 24.2 Å². The number of phenols is 1. The third-order valence-corrected chi connectivity index (χ3v) is 4.07. The third kappa shape index (κ3) is 2.13. The zero-order valence-corrected chi connectivity index (χ0v) is 13.4. The highest BCUT2D eigenvalue weighted by Crippen LogP contribution is 2.39. The Labute approximate surface area is 138 Å². The van der Waals surface area contributed by atoms with Gasteiger partial charge in [0.1, 0.15) is 17.4 Å². The number of ether oxygens (including phenoxy) is 1. The number of aromatic hydroxyl groups is 1. The highest BCUT2D eigenvalue weighted by Gasteiger charge is 2.43. The predicted octanol–water partition coefficient (Wildman–Crippen LogP) is 1.12. The molecule has 0 amide bonds. The lowest BCUT2D eigenvalue weighted by molar-refractivity contribution is -0.142. The molecule has 7 heteroatoms. The molecule has 0 fully saturated rings. The molecule has 0 saturated heterocycles. The summed E-state index contributed by atoms with van der Waals surface area (Å²) in [6.45, 7) is 0. The molecule has 7 nitrogen and oxygen atoms in total. The van der Waals surface area contributed by atoms with Gasteiger partial charge >= 0.3 is 5.97 Å². The topological polar surface area (TPSA) is 87.2 Å². The second-order valence-electron chi connectivity index (χ2n) is 5.65. The number of benzene rings is 1. The predicted molar refractivity (Wildman–Crippen MR) is 84.0 cm³/mol. The number of carbonyl (C=O) groups is 3. The van der Waals surface area contributed by atoms with Crippen LogP contribution in [-0.4, -0.2) is 53.9 Å². The van der Waals surface area contributed by atoms with E-state index in [9.17, 15) is 19.5 Å².